The highest BCUT2D eigenvalue weighted by molar-refractivity contribution is 5.61. The van der Waals surface area contributed by atoms with Crippen LogP contribution in [0.5, 0.6) is 0 Å². The van der Waals surface area contributed by atoms with Crippen molar-refractivity contribution in [2.24, 2.45) is 7.05 Å². The van der Waals surface area contributed by atoms with E-state index in [9.17, 15) is 0 Å². The van der Waals surface area contributed by atoms with Gasteiger partial charge in [0.05, 0.1) is 0 Å². The van der Waals surface area contributed by atoms with Gasteiger partial charge in [0.15, 0.2) is 5.82 Å². The van der Waals surface area contributed by atoms with E-state index in [1.54, 1.807) is 11.6 Å². The number of nitrogens with two attached hydrogens (primary N) is 1. The molecule has 84 valence electrons. The first kappa shape index (κ1) is 10.4. The van der Waals surface area contributed by atoms with Crippen LogP contribution in [-0.2, 0) is 7.05 Å². The summed E-state index contributed by atoms with van der Waals surface area (Å²) in [6.45, 7) is 3.68. The van der Waals surface area contributed by atoms with Crippen LogP contribution in [0.25, 0.3) is 0 Å². The third-order valence-corrected chi connectivity index (χ3v) is 2.26. The molecule has 0 aliphatic carbocycles. The Hall–Kier alpha value is -2.11. The predicted molar refractivity (Wildman–Crippen MR) is 62.4 cm³/mol. The van der Waals surface area contributed by atoms with Gasteiger partial charge < -0.3 is 11.1 Å². The molecule has 0 atom stereocenters. The summed E-state index contributed by atoms with van der Waals surface area (Å²) in [5.41, 5.74) is 6.59. The molecule has 6 heteroatoms. The Kier molecular flexibility index (Phi) is 2.47. The minimum absolute atomic E-state index is 0.492. The van der Waals surface area contributed by atoms with Crippen LogP contribution in [0, 0.1) is 13.8 Å². The number of nitrogens with one attached hydrogen (secondary N) is 1. The summed E-state index contributed by atoms with van der Waals surface area (Å²) in [6, 6.07) is 1.87. The molecule has 2 aromatic heterocycles. The number of aryl methyl sites for hydroxylation is 2. The monoisotopic (exact) mass is 218 g/mol. The van der Waals surface area contributed by atoms with Crippen LogP contribution in [0.3, 0.4) is 0 Å². The van der Waals surface area contributed by atoms with Gasteiger partial charge in [0, 0.05) is 24.9 Å². The molecule has 0 radical (unpaired) electrons. The highest BCUT2D eigenvalue weighted by Crippen LogP contribution is 2.20. The lowest BCUT2D eigenvalue weighted by atomic mass is 10.3. The molecular weight excluding hydrogens is 204 g/mol. The summed E-state index contributed by atoms with van der Waals surface area (Å²) >= 11 is 0. The molecule has 0 aliphatic heterocycles. The van der Waals surface area contributed by atoms with E-state index in [1.807, 2.05) is 26.2 Å². The molecule has 2 aromatic rings. The van der Waals surface area contributed by atoms with Crippen LogP contribution in [0.15, 0.2) is 12.3 Å². The molecule has 0 aliphatic rings. The number of hydrogen-bond acceptors (Lipinski definition) is 5. The van der Waals surface area contributed by atoms with Gasteiger partial charge in [0.2, 0.25) is 0 Å². The molecule has 0 spiro atoms. The first-order chi connectivity index (χ1) is 7.56. The predicted octanol–water partition coefficient (Wildman–Crippen LogP) is 1.15. The highest BCUT2D eigenvalue weighted by atomic mass is 15.3. The van der Waals surface area contributed by atoms with Gasteiger partial charge in [-0.1, -0.05) is 0 Å². The van der Waals surface area contributed by atoms with Gasteiger partial charge in [0.25, 0.3) is 0 Å². The highest BCUT2D eigenvalue weighted by Gasteiger charge is 2.07. The molecule has 0 bridgehead atoms. The number of nitrogen functional groups attached to an aromatic ring is 1. The van der Waals surface area contributed by atoms with Crippen LogP contribution in [0.4, 0.5) is 17.5 Å². The van der Waals surface area contributed by atoms with Gasteiger partial charge in [-0.15, -0.1) is 0 Å². The van der Waals surface area contributed by atoms with Gasteiger partial charge in [-0.3, -0.25) is 4.68 Å². The van der Waals surface area contributed by atoms with Crippen molar-refractivity contribution < 1.29 is 0 Å². The Bertz CT molecular complexity index is 516. The molecule has 0 aromatic carbocycles. The summed E-state index contributed by atoms with van der Waals surface area (Å²) in [6.07, 6.45) is 1.86. The van der Waals surface area contributed by atoms with Crippen molar-refractivity contribution in [1.29, 1.82) is 0 Å². The molecular formula is C10H14N6. The molecule has 0 saturated heterocycles. The molecule has 0 amide bonds. The Balaban J connectivity index is 2.34. The smallest absolute Gasteiger partial charge is 0.153 e. The van der Waals surface area contributed by atoms with Gasteiger partial charge in [-0.25, -0.2) is 9.97 Å². The topological polar surface area (TPSA) is 81.6 Å². The average molecular weight is 218 g/mol. The molecule has 0 saturated carbocycles. The zero-order valence-electron chi connectivity index (χ0n) is 9.52. The standard InChI is InChI=1S/C10H14N6/c1-6-9(11)12-7(2)13-10(6)14-8-4-5-16(3)15-8/h4-5H,1-3H3,(H3,11,12,13,14,15). The summed E-state index contributed by atoms with van der Waals surface area (Å²) in [5.74, 6) is 2.57. The summed E-state index contributed by atoms with van der Waals surface area (Å²) in [4.78, 5) is 8.37. The second-order valence-electron chi connectivity index (χ2n) is 3.63. The van der Waals surface area contributed by atoms with Crippen molar-refractivity contribution in [3.05, 3.63) is 23.7 Å². The van der Waals surface area contributed by atoms with Crippen molar-refractivity contribution in [2.75, 3.05) is 11.1 Å². The lowest BCUT2D eigenvalue weighted by molar-refractivity contribution is 0.771. The number of hydrogen-bond donors (Lipinski definition) is 2. The van der Waals surface area contributed by atoms with E-state index in [0.717, 1.165) is 11.4 Å². The van der Waals surface area contributed by atoms with Crippen LogP contribution in [0.1, 0.15) is 11.4 Å². The lowest BCUT2D eigenvalue weighted by Gasteiger charge is -2.08. The van der Waals surface area contributed by atoms with E-state index in [-0.39, 0.29) is 0 Å². The molecule has 0 fully saturated rings. The molecule has 16 heavy (non-hydrogen) atoms. The SMILES string of the molecule is Cc1nc(N)c(C)c(Nc2ccn(C)n2)n1. The second-order valence-corrected chi connectivity index (χ2v) is 3.63. The number of rotatable bonds is 2. The Labute approximate surface area is 93.5 Å². The van der Waals surface area contributed by atoms with Crippen LogP contribution < -0.4 is 11.1 Å². The van der Waals surface area contributed by atoms with Crippen molar-refractivity contribution in [2.45, 2.75) is 13.8 Å². The molecule has 2 rings (SSSR count). The minimum atomic E-state index is 0.492. The fourth-order valence-corrected chi connectivity index (χ4v) is 1.37. The van der Waals surface area contributed by atoms with E-state index in [4.69, 9.17) is 5.73 Å². The Morgan fingerprint density at radius 2 is 2.06 bits per heavy atom. The van der Waals surface area contributed by atoms with Crippen molar-refractivity contribution in [3.8, 4) is 0 Å². The maximum Gasteiger partial charge on any atom is 0.153 e. The normalized spacial score (nSPS) is 10.4. The van der Waals surface area contributed by atoms with Crippen molar-refractivity contribution in [1.82, 2.24) is 19.7 Å². The number of aromatic nitrogens is 4. The average Bonchev–Trinajstić information content (AvgIpc) is 2.60. The van der Waals surface area contributed by atoms with Gasteiger partial charge >= 0.3 is 0 Å². The fraction of sp³-hybridized carbons (Fsp3) is 0.300. The van der Waals surface area contributed by atoms with Gasteiger partial charge in [-0.05, 0) is 13.8 Å². The largest absolute Gasteiger partial charge is 0.383 e. The summed E-state index contributed by atoms with van der Waals surface area (Å²) < 4.78 is 1.72. The van der Waals surface area contributed by atoms with E-state index in [2.05, 4.69) is 20.4 Å². The Morgan fingerprint density at radius 1 is 1.31 bits per heavy atom. The van der Waals surface area contributed by atoms with E-state index < -0.39 is 0 Å². The zero-order valence-corrected chi connectivity index (χ0v) is 9.52. The Morgan fingerprint density at radius 3 is 2.69 bits per heavy atom. The molecule has 0 unspecified atom stereocenters. The van der Waals surface area contributed by atoms with E-state index in [0.29, 0.717) is 17.5 Å². The second kappa shape index (κ2) is 3.80. The maximum absolute atomic E-state index is 5.76. The maximum atomic E-state index is 5.76. The summed E-state index contributed by atoms with van der Waals surface area (Å²) in [5, 5.41) is 7.32. The third-order valence-electron chi connectivity index (χ3n) is 2.26. The van der Waals surface area contributed by atoms with Crippen LogP contribution in [0.2, 0.25) is 0 Å². The minimum Gasteiger partial charge on any atom is -0.383 e. The third kappa shape index (κ3) is 1.95. The van der Waals surface area contributed by atoms with E-state index in [1.165, 1.54) is 0 Å². The van der Waals surface area contributed by atoms with Crippen LogP contribution in [-0.4, -0.2) is 19.7 Å². The summed E-state index contributed by atoms with van der Waals surface area (Å²) in [7, 11) is 1.86. The molecule has 2 heterocycles. The molecule has 3 N–H and O–H groups in total. The fourth-order valence-electron chi connectivity index (χ4n) is 1.37. The van der Waals surface area contributed by atoms with E-state index >= 15 is 0 Å². The first-order valence-electron chi connectivity index (χ1n) is 4.93. The van der Waals surface area contributed by atoms with Gasteiger partial charge in [0.1, 0.15) is 17.5 Å². The zero-order chi connectivity index (χ0) is 11.7. The number of nitrogens with zero attached hydrogens (tertiary/aromatic N) is 4. The lowest BCUT2D eigenvalue weighted by Crippen LogP contribution is -2.05. The quantitative estimate of drug-likeness (QED) is 0.790. The van der Waals surface area contributed by atoms with Gasteiger partial charge in [-0.2, -0.15) is 5.10 Å². The van der Waals surface area contributed by atoms with Crippen molar-refractivity contribution in [3.63, 3.8) is 0 Å². The number of anilines is 3. The van der Waals surface area contributed by atoms with Crippen LogP contribution >= 0.6 is 0 Å². The van der Waals surface area contributed by atoms with Crippen molar-refractivity contribution >= 4 is 17.5 Å². The first-order valence-corrected chi connectivity index (χ1v) is 4.93. The molecule has 6 nitrogen and oxygen atoms in total.